The number of carbonyl (C=O) groups is 1. The number of nitrogens with one attached hydrogen (secondary N) is 1. The Kier molecular flexibility index (Phi) is 4.31. The number of nitrogens with zero attached hydrogens (tertiary/aromatic N) is 2. The van der Waals surface area contributed by atoms with Gasteiger partial charge in [-0.2, -0.15) is 0 Å². The smallest absolute Gasteiger partial charge is 0.254 e. The second kappa shape index (κ2) is 5.96. The Hall–Kier alpha value is -1.42. The van der Waals surface area contributed by atoms with E-state index in [1.165, 1.54) is 0 Å². The molecule has 2 heterocycles. The second-order valence-electron chi connectivity index (χ2n) is 5.27. The first kappa shape index (κ1) is 13.0. The predicted octanol–water partition coefficient (Wildman–Crippen LogP) is 1.54. The van der Waals surface area contributed by atoms with Crippen LogP contribution in [0.5, 0.6) is 0 Å². The summed E-state index contributed by atoms with van der Waals surface area (Å²) in [6.07, 6.45) is 4.45. The first-order chi connectivity index (χ1) is 8.66. The first-order valence-electron chi connectivity index (χ1n) is 6.59. The second-order valence-corrected chi connectivity index (χ2v) is 5.27. The lowest BCUT2D eigenvalue weighted by atomic mass is 10.0. The normalized spacial score (nSPS) is 20.2. The summed E-state index contributed by atoms with van der Waals surface area (Å²) in [5.41, 5.74) is 0.732. The van der Waals surface area contributed by atoms with Crippen molar-refractivity contribution < 1.29 is 4.79 Å². The molecule has 18 heavy (non-hydrogen) atoms. The van der Waals surface area contributed by atoms with Gasteiger partial charge in [0, 0.05) is 43.6 Å². The van der Waals surface area contributed by atoms with E-state index in [1.807, 2.05) is 4.90 Å². The van der Waals surface area contributed by atoms with E-state index in [2.05, 4.69) is 24.1 Å². The van der Waals surface area contributed by atoms with Crippen molar-refractivity contribution in [3.63, 3.8) is 0 Å². The van der Waals surface area contributed by atoms with Crippen molar-refractivity contribution >= 4 is 5.91 Å². The Labute approximate surface area is 108 Å². The van der Waals surface area contributed by atoms with Crippen LogP contribution < -0.4 is 5.32 Å². The van der Waals surface area contributed by atoms with Crippen molar-refractivity contribution in [1.29, 1.82) is 0 Å². The molecule has 1 fully saturated rings. The van der Waals surface area contributed by atoms with Crippen LogP contribution in [0.15, 0.2) is 24.5 Å². The molecule has 4 heteroatoms. The molecule has 1 amide bonds. The van der Waals surface area contributed by atoms with E-state index >= 15 is 0 Å². The molecule has 0 bridgehead atoms. The molecular weight excluding hydrogens is 226 g/mol. The van der Waals surface area contributed by atoms with Crippen LogP contribution in [0.2, 0.25) is 0 Å². The summed E-state index contributed by atoms with van der Waals surface area (Å²) in [5.74, 6) is 0.770. The van der Waals surface area contributed by atoms with Crippen LogP contribution in [0.3, 0.4) is 0 Å². The van der Waals surface area contributed by atoms with E-state index in [9.17, 15) is 4.79 Å². The van der Waals surface area contributed by atoms with Gasteiger partial charge < -0.3 is 10.2 Å². The highest BCUT2D eigenvalue weighted by Gasteiger charge is 2.24. The average molecular weight is 247 g/mol. The van der Waals surface area contributed by atoms with Gasteiger partial charge in [-0.05, 0) is 24.5 Å². The topological polar surface area (TPSA) is 45.2 Å². The standard InChI is InChI=1S/C14H21N3O/c1-11(2)9-13-10-17(8-7-16-13)14(18)12-3-5-15-6-4-12/h3-6,11,13,16H,7-10H2,1-2H3. The third-order valence-electron chi connectivity index (χ3n) is 3.23. The number of hydrogen-bond acceptors (Lipinski definition) is 3. The number of amides is 1. The minimum Gasteiger partial charge on any atom is -0.336 e. The Morgan fingerprint density at radius 3 is 2.89 bits per heavy atom. The number of carbonyl (C=O) groups excluding carboxylic acids is 1. The first-order valence-corrected chi connectivity index (χ1v) is 6.59. The quantitative estimate of drug-likeness (QED) is 0.881. The third-order valence-corrected chi connectivity index (χ3v) is 3.23. The van der Waals surface area contributed by atoms with Crippen molar-refractivity contribution in [3.05, 3.63) is 30.1 Å². The zero-order chi connectivity index (χ0) is 13.0. The predicted molar refractivity (Wildman–Crippen MR) is 71.4 cm³/mol. The minimum atomic E-state index is 0.118. The molecule has 1 aliphatic rings. The highest BCUT2D eigenvalue weighted by Crippen LogP contribution is 2.12. The zero-order valence-corrected chi connectivity index (χ0v) is 11.1. The lowest BCUT2D eigenvalue weighted by molar-refractivity contribution is 0.0694. The zero-order valence-electron chi connectivity index (χ0n) is 11.1. The molecular formula is C14H21N3O. The maximum absolute atomic E-state index is 12.3. The minimum absolute atomic E-state index is 0.118. The Bertz CT molecular complexity index is 391. The van der Waals surface area contributed by atoms with Gasteiger partial charge in [-0.3, -0.25) is 9.78 Å². The summed E-state index contributed by atoms with van der Waals surface area (Å²) in [4.78, 5) is 18.2. The molecule has 4 nitrogen and oxygen atoms in total. The molecule has 1 aromatic rings. The summed E-state index contributed by atoms with van der Waals surface area (Å²) in [6.45, 7) is 6.90. The van der Waals surface area contributed by atoms with Gasteiger partial charge in [-0.25, -0.2) is 0 Å². The molecule has 0 aliphatic carbocycles. The fourth-order valence-electron chi connectivity index (χ4n) is 2.41. The average Bonchev–Trinajstić information content (AvgIpc) is 2.38. The van der Waals surface area contributed by atoms with Gasteiger partial charge in [0.1, 0.15) is 0 Å². The summed E-state index contributed by atoms with van der Waals surface area (Å²) >= 11 is 0. The number of rotatable bonds is 3. The van der Waals surface area contributed by atoms with E-state index in [0.29, 0.717) is 12.0 Å². The third kappa shape index (κ3) is 3.29. The lowest BCUT2D eigenvalue weighted by Gasteiger charge is -2.34. The molecule has 0 saturated carbocycles. The monoisotopic (exact) mass is 247 g/mol. The van der Waals surface area contributed by atoms with Crippen LogP contribution in [0, 0.1) is 5.92 Å². The number of piperazine rings is 1. The largest absolute Gasteiger partial charge is 0.336 e. The van der Waals surface area contributed by atoms with Crippen LogP contribution >= 0.6 is 0 Å². The maximum Gasteiger partial charge on any atom is 0.254 e. The van der Waals surface area contributed by atoms with Crippen LogP contribution in [0.4, 0.5) is 0 Å². The van der Waals surface area contributed by atoms with Gasteiger partial charge >= 0.3 is 0 Å². The number of aromatic nitrogens is 1. The van der Waals surface area contributed by atoms with Crippen molar-refractivity contribution in [3.8, 4) is 0 Å². The van der Waals surface area contributed by atoms with Gasteiger partial charge in [-0.15, -0.1) is 0 Å². The highest BCUT2D eigenvalue weighted by molar-refractivity contribution is 5.94. The summed E-state index contributed by atoms with van der Waals surface area (Å²) in [5, 5.41) is 3.48. The van der Waals surface area contributed by atoms with E-state index in [4.69, 9.17) is 0 Å². The summed E-state index contributed by atoms with van der Waals surface area (Å²) in [6, 6.07) is 3.98. The molecule has 1 atom stereocenters. The highest BCUT2D eigenvalue weighted by atomic mass is 16.2. The van der Waals surface area contributed by atoms with E-state index in [1.54, 1.807) is 24.5 Å². The van der Waals surface area contributed by atoms with E-state index in [-0.39, 0.29) is 5.91 Å². The van der Waals surface area contributed by atoms with E-state index in [0.717, 1.165) is 31.6 Å². The van der Waals surface area contributed by atoms with Gasteiger partial charge in [0.05, 0.1) is 0 Å². The fourth-order valence-corrected chi connectivity index (χ4v) is 2.41. The van der Waals surface area contributed by atoms with Gasteiger partial charge in [-0.1, -0.05) is 13.8 Å². The van der Waals surface area contributed by atoms with Crippen LogP contribution in [0.1, 0.15) is 30.6 Å². The van der Waals surface area contributed by atoms with Crippen molar-refractivity contribution in [2.75, 3.05) is 19.6 Å². The molecule has 1 aliphatic heterocycles. The van der Waals surface area contributed by atoms with Crippen molar-refractivity contribution in [2.45, 2.75) is 26.3 Å². The van der Waals surface area contributed by atoms with Crippen molar-refractivity contribution in [1.82, 2.24) is 15.2 Å². The fraction of sp³-hybridized carbons (Fsp3) is 0.571. The Morgan fingerprint density at radius 1 is 1.50 bits per heavy atom. The number of hydrogen-bond donors (Lipinski definition) is 1. The van der Waals surface area contributed by atoms with Crippen LogP contribution in [-0.2, 0) is 0 Å². The summed E-state index contributed by atoms with van der Waals surface area (Å²) in [7, 11) is 0. The molecule has 0 aromatic carbocycles. The molecule has 2 rings (SSSR count). The lowest BCUT2D eigenvalue weighted by Crippen LogP contribution is -2.52. The molecule has 98 valence electrons. The van der Waals surface area contributed by atoms with Crippen molar-refractivity contribution in [2.24, 2.45) is 5.92 Å². The Morgan fingerprint density at radius 2 is 2.22 bits per heavy atom. The molecule has 1 N–H and O–H groups in total. The number of pyridine rings is 1. The van der Waals surface area contributed by atoms with Gasteiger partial charge in [0.2, 0.25) is 0 Å². The molecule has 0 radical (unpaired) electrons. The molecule has 1 unspecified atom stereocenters. The van der Waals surface area contributed by atoms with Gasteiger partial charge in [0.15, 0.2) is 0 Å². The van der Waals surface area contributed by atoms with Gasteiger partial charge in [0.25, 0.3) is 5.91 Å². The Balaban J connectivity index is 1.98. The van der Waals surface area contributed by atoms with E-state index < -0.39 is 0 Å². The maximum atomic E-state index is 12.3. The molecule has 0 spiro atoms. The summed E-state index contributed by atoms with van der Waals surface area (Å²) < 4.78 is 0. The molecule has 1 aromatic heterocycles. The SMILES string of the molecule is CC(C)CC1CN(C(=O)c2ccncc2)CCN1. The van der Waals surface area contributed by atoms with Crippen LogP contribution in [0.25, 0.3) is 0 Å². The van der Waals surface area contributed by atoms with Crippen LogP contribution in [-0.4, -0.2) is 41.5 Å². The molecule has 1 saturated heterocycles.